The Hall–Kier alpha value is -1.75. The van der Waals surface area contributed by atoms with Gasteiger partial charge in [0.15, 0.2) is 17.6 Å². The number of hydrogen-bond acceptors (Lipinski definition) is 4. The minimum Gasteiger partial charge on any atom is -0.490 e. The Bertz CT molecular complexity index is 392. The topological polar surface area (TPSA) is 81.8 Å². The number of carbonyl (C=O) groups is 1. The lowest BCUT2D eigenvalue weighted by Gasteiger charge is -2.17. The molecule has 5 heteroatoms. The van der Waals surface area contributed by atoms with Gasteiger partial charge in [-0.15, -0.1) is 0 Å². The van der Waals surface area contributed by atoms with E-state index in [4.69, 9.17) is 15.2 Å². The number of amides is 1. The van der Waals surface area contributed by atoms with Crippen LogP contribution in [0.5, 0.6) is 11.5 Å². The quantitative estimate of drug-likeness (QED) is 0.770. The van der Waals surface area contributed by atoms with E-state index in [1.165, 1.54) is 0 Å². The van der Waals surface area contributed by atoms with Crippen molar-refractivity contribution in [2.24, 2.45) is 5.73 Å². The summed E-state index contributed by atoms with van der Waals surface area (Å²) in [6.07, 6.45) is -0.776. The second-order valence-corrected chi connectivity index (χ2v) is 3.50. The van der Waals surface area contributed by atoms with Gasteiger partial charge in [0.05, 0.1) is 13.2 Å². The van der Waals surface area contributed by atoms with Crippen LogP contribution in [-0.4, -0.2) is 23.7 Å². The van der Waals surface area contributed by atoms with Crippen LogP contribution in [-0.2, 0) is 11.4 Å². The molecule has 0 aliphatic rings. The maximum absolute atomic E-state index is 11.0. The maximum Gasteiger partial charge on any atom is 0.258 e. The molecule has 3 N–H and O–H groups in total. The predicted molar refractivity (Wildman–Crippen MR) is 62.8 cm³/mol. The SMILES string of the molecule is CCOc1cccc(CO)c1OC(C)C(N)=O. The number of primary amides is 1. The van der Waals surface area contributed by atoms with Crippen LogP contribution in [0.15, 0.2) is 18.2 Å². The van der Waals surface area contributed by atoms with E-state index in [1.807, 2.05) is 6.92 Å². The molecule has 0 aromatic heterocycles. The standard InChI is InChI=1S/C12H17NO4/c1-3-16-10-6-4-5-9(7-14)11(10)17-8(2)12(13)15/h4-6,8,14H,3,7H2,1-2H3,(H2,13,15). The fourth-order valence-electron chi connectivity index (χ4n) is 1.32. The van der Waals surface area contributed by atoms with Crippen LogP contribution < -0.4 is 15.2 Å². The number of benzene rings is 1. The number of aliphatic hydroxyl groups is 1. The van der Waals surface area contributed by atoms with Gasteiger partial charge in [0, 0.05) is 5.56 Å². The molecule has 5 nitrogen and oxygen atoms in total. The largest absolute Gasteiger partial charge is 0.490 e. The van der Waals surface area contributed by atoms with Gasteiger partial charge in [0.1, 0.15) is 0 Å². The smallest absolute Gasteiger partial charge is 0.258 e. The molecule has 1 atom stereocenters. The number of carbonyl (C=O) groups excluding carboxylic acids is 1. The monoisotopic (exact) mass is 239 g/mol. The molecular weight excluding hydrogens is 222 g/mol. The Labute approximate surface area is 100 Å². The Kier molecular flexibility index (Phi) is 4.78. The van der Waals surface area contributed by atoms with E-state index in [9.17, 15) is 9.90 Å². The fourth-order valence-corrected chi connectivity index (χ4v) is 1.32. The summed E-state index contributed by atoms with van der Waals surface area (Å²) >= 11 is 0. The normalized spacial score (nSPS) is 11.9. The number of hydrogen-bond donors (Lipinski definition) is 2. The fraction of sp³-hybridized carbons (Fsp3) is 0.417. The second-order valence-electron chi connectivity index (χ2n) is 3.50. The highest BCUT2D eigenvalue weighted by molar-refractivity contribution is 5.78. The lowest BCUT2D eigenvalue weighted by atomic mass is 10.2. The van der Waals surface area contributed by atoms with Gasteiger partial charge in [0.25, 0.3) is 5.91 Å². The van der Waals surface area contributed by atoms with Crippen molar-refractivity contribution >= 4 is 5.91 Å². The van der Waals surface area contributed by atoms with Crippen LogP contribution in [0.25, 0.3) is 0 Å². The van der Waals surface area contributed by atoms with E-state index in [1.54, 1.807) is 25.1 Å². The van der Waals surface area contributed by atoms with Gasteiger partial charge >= 0.3 is 0 Å². The summed E-state index contributed by atoms with van der Waals surface area (Å²) in [5, 5.41) is 9.21. The molecular formula is C12H17NO4. The first-order chi connectivity index (χ1) is 8.10. The minimum absolute atomic E-state index is 0.193. The molecule has 0 spiro atoms. The van der Waals surface area contributed by atoms with Gasteiger partial charge in [-0.3, -0.25) is 4.79 Å². The Morgan fingerprint density at radius 1 is 1.53 bits per heavy atom. The van der Waals surface area contributed by atoms with Crippen LogP contribution in [0.3, 0.4) is 0 Å². The van der Waals surface area contributed by atoms with E-state index in [0.29, 0.717) is 23.7 Å². The molecule has 0 fully saturated rings. The first-order valence-corrected chi connectivity index (χ1v) is 5.41. The molecule has 0 heterocycles. The zero-order chi connectivity index (χ0) is 12.8. The van der Waals surface area contributed by atoms with Gasteiger partial charge in [-0.1, -0.05) is 12.1 Å². The van der Waals surface area contributed by atoms with E-state index in [0.717, 1.165) is 0 Å². The van der Waals surface area contributed by atoms with Crippen molar-refractivity contribution in [3.63, 3.8) is 0 Å². The molecule has 0 bridgehead atoms. The summed E-state index contributed by atoms with van der Waals surface area (Å²) in [7, 11) is 0. The minimum atomic E-state index is -0.776. The van der Waals surface area contributed by atoms with Gasteiger partial charge < -0.3 is 20.3 Å². The van der Waals surface area contributed by atoms with Crippen LogP contribution in [0.2, 0.25) is 0 Å². The molecule has 94 valence electrons. The highest BCUT2D eigenvalue weighted by Crippen LogP contribution is 2.32. The highest BCUT2D eigenvalue weighted by atomic mass is 16.5. The molecule has 1 aromatic carbocycles. The first kappa shape index (κ1) is 13.3. The molecule has 0 radical (unpaired) electrons. The van der Waals surface area contributed by atoms with Crippen molar-refractivity contribution < 1.29 is 19.4 Å². The van der Waals surface area contributed by atoms with Gasteiger partial charge in [0.2, 0.25) is 0 Å². The maximum atomic E-state index is 11.0. The Balaban J connectivity index is 3.03. The summed E-state index contributed by atoms with van der Waals surface area (Å²) in [5.74, 6) is 0.287. The molecule has 1 aromatic rings. The van der Waals surface area contributed by atoms with Crippen molar-refractivity contribution in [2.45, 2.75) is 26.6 Å². The number of ether oxygens (including phenoxy) is 2. The third-order valence-corrected chi connectivity index (χ3v) is 2.23. The van der Waals surface area contributed by atoms with Crippen molar-refractivity contribution in [3.8, 4) is 11.5 Å². The molecule has 17 heavy (non-hydrogen) atoms. The zero-order valence-corrected chi connectivity index (χ0v) is 9.97. The average molecular weight is 239 g/mol. The summed E-state index contributed by atoms with van der Waals surface area (Å²) in [6, 6.07) is 5.16. The molecule has 1 amide bonds. The lowest BCUT2D eigenvalue weighted by molar-refractivity contribution is -0.124. The van der Waals surface area contributed by atoms with Crippen molar-refractivity contribution in [1.29, 1.82) is 0 Å². The van der Waals surface area contributed by atoms with Crippen molar-refractivity contribution in [2.75, 3.05) is 6.61 Å². The number of nitrogens with two attached hydrogens (primary N) is 1. The van der Waals surface area contributed by atoms with E-state index in [2.05, 4.69) is 0 Å². The number of rotatable bonds is 6. The van der Waals surface area contributed by atoms with Gasteiger partial charge in [-0.25, -0.2) is 0 Å². The number of para-hydroxylation sites is 1. The molecule has 1 unspecified atom stereocenters. The van der Waals surface area contributed by atoms with E-state index >= 15 is 0 Å². The second kappa shape index (κ2) is 6.10. The predicted octanol–water partition coefficient (Wildman–Crippen LogP) is 0.830. The van der Waals surface area contributed by atoms with Crippen molar-refractivity contribution in [1.82, 2.24) is 0 Å². The lowest BCUT2D eigenvalue weighted by Crippen LogP contribution is -2.31. The van der Waals surface area contributed by atoms with Crippen LogP contribution in [0.4, 0.5) is 0 Å². The molecule has 0 aliphatic carbocycles. The van der Waals surface area contributed by atoms with Crippen molar-refractivity contribution in [3.05, 3.63) is 23.8 Å². The summed E-state index contributed by atoms with van der Waals surface area (Å²) in [4.78, 5) is 11.0. The first-order valence-electron chi connectivity index (χ1n) is 5.41. The summed E-state index contributed by atoms with van der Waals surface area (Å²) < 4.78 is 10.8. The van der Waals surface area contributed by atoms with Gasteiger partial charge in [-0.2, -0.15) is 0 Å². The van der Waals surface area contributed by atoms with Crippen LogP contribution in [0.1, 0.15) is 19.4 Å². The Morgan fingerprint density at radius 2 is 2.24 bits per heavy atom. The molecule has 1 rings (SSSR count). The summed E-state index contributed by atoms with van der Waals surface area (Å²) in [6.45, 7) is 3.66. The van der Waals surface area contributed by atoms with Gasteiger partial charge in [-0.05, 0) is 19.9 Å². The van der Waals surface area contributed by atoms with E-state index < -0.39 is 12.0 Å². The third-order valence-electron chi connectivity index (χ3n) is 2.23. The zero-order valence-electron chi connectivity index (χ0n) is 9.97. The molecule has 0 aliphatic heterocycles. The third kappa shape index (κ3) is 3.35. The van der Waals surface area contributed by atoms with Crippen LogP contribution in [0, 0.1) is 0 Å². The number of aliphatic hydroxyl groups excluding tert-OH is 1. The highest BCUT2D eigenvalue weighted by Gasteiger charge is 2.16. The summed E-state index contributed by atoms with van der Waals surface area (Å²) in [5.41, 5.74) is 5.69. The Morgan fingerprint density at radius 3 is 2.76 bits per heavy atom. The molecule has 0 saturated heterocycles. The van der Waals surface area contributed by atoms with E-state index in [-0.39, 0.29) is 6.61 Å². The molecule has 0 saturated carbocycles. The van der Waals surface area contributed by atoms with Crippen LogP contribution >= 0.6 is 0 Å². The average Bonchev–Trinajstić information content (AvgIpc) is 2.31.